The molecule has 3 aromatic rings. The number of aryl methyl sites for hydroxylation is 3. The van der Waals surface area contributed by atoms with Crippen molar-refractivity contribution in [3.63, 3.8) is 0 Å². The lowest BCUT2D eigenvalue weighted by molar-refractivity contribution is -0.125. The van der Waals surface area contributed by atoms with E-state index < -0.39 is 5.41 Å². The Kier molecular flexibility index (Phi) is 4.93. The first-order valence-corrected chi connectivity index (χ1v) is 12.3. The van der Waals surface area contributed by atoms with Crippen molar-refractivity contribution in [2.75, 3.05) is 5.32 Å². The molecule has 0 saturated heterocycles. The van der Waals surface area contributed by atoms with Crippen LogP contribution in [0.4, 0.5) is 5.69 Å². The molecule has 1 aromatic heterocycles. The Balaban J connectivity index is 1.58. The topological polar surface area (TPSA) is 54.9 Å². The van der Waals surface area contributed by atoms with E-state index in [9.17, 15) is 4.79 Å². The summed E-state index contributed by atoms with van der Waals surface area (Å²) in [5.74, 6) is 0.0498. The van der Waals surface area contributed by atoms with Crippen LogP contribution >= 0.6 is 0 Å². The molecule has 2 unspecified atom stereocenters. The summed E-state index contributed by atoms with van der Waals surface area (Å²) in [5, 5.41) is 3.26. The molecule has 172 valence electrons. The minimum absolute atomic E-state index is 0.0498. The lowest BCUT2D eigenvalue weighted by atomic mass is 9.63. The van der Waals surface area contributed by atoms with Gasteiger partial charge in [-0.3, -0.25) is 4.79 Å². The molecular formula is C29H35N3O. The number of nitrogens with one attached hydrogen (secondary N) is 1. The number of nitrogens with zero attached hydrogens (tertiary/aromatic N) is 2. The summed E-state index contributed by atoms with van der Waals surface area (Å²) >= 11 is 0. The summed E-state index contributed by atoms with van der Waals surface area (Å²) in [6.07, 6.45) is 5.19. The molecule has 2 atom stereocenters. The van der Waals surface area contributed by atoms with Gasteiger partial charge in [-0.05, 0) is 85.9 Å². The predicted octanol–water partition coefficient (Wildman–Crippen LogP) is 6.56. The maximum absolute atomic E-state index is 14.1. The van der Waals surface area contributed by atoms with Crippen molar-refractivity contribution in [1.29, 1.82) is 0 Å². The van der Waals surface area contributed by atoms with Crippen LogP contribution in [0.3, 0.4) is 0 Å². The normalized spacial score (nSPS) is 24.8. The molecule has 0 spiro atoms. The molecule has 1 N–H and O–H groups in total. The quantitative estimate of drug-likeness (QED) is 0.488. The van der Waals surface area contributed by atoms with Gasteiger partial charge in [-0.15, -0.1) is 0 Å². The van der Waals surface area contributed by atoms with Gasteiger partial charge < -0.3 is 5.32 Å². The van der Waals surface area contributed by atoms with Gasteiger partial charge in [-0.25, -0.2) is 9.97 Å². The van der Waals surface area contributed by atoms with Crippen molar-refractivity contribution in [1.82, 2.24) is 9.97 Å². The van der Waals surface area contributed by atoms with Crippen LogP contribution in [0.2, 0.25) is 0 Å². The molecule has 4 nitrogen and oxygen atoms in total. The molecule has 33 heavy (non-hydrogen) atoms. The van der Waals surface area contributed by atoms with Gasteiger partial charge in [0, 0.05) is 11.1 Å². The van der Waals surface area contributed by atoms with E-state index in [1.165, 1.54) is 29.5 Å². The van der Waals surface area contributed by atoms with Crippen molar-refractivity contribution < 1.29 is 4.79 Å². The highest BCUT2D eigenvalue weighted by Crippen LogP contribution is 2.70. The fraction of sp³-hybridized carbons (Fsp3) is 0.483. The van der Waals surface area contributed by atoms with Crippen molar-refractivity contribution in [2.45, 2.75) is 84.5 Å². The average Bonchev–Trinajstić information content (AvgIpc) is 3.08. The van der Waals surface area contributed by atoms with E-state index in [2.05, 4.69) is 71.1 Å². The van der Waals surface area contributed by atoms with Crippen LogP contribution in [0, 0.1) is 19.3 Å². The van der Waals surface area contributed by atoms with E-state index in [1.54, 1.807) is 0 Å². The highest BCUT2D eigenvalue weighted by Gasteiger charge is 2.73. The van der Waals surface area contributed by atoms with Crippen LogP contribution in [0.1, 0.15) is 81.5 Å². The summed E-state index contributed by atoms with van der Waals surface area (Å²) in [5.41, 5.74) is 7.16. The Labute approximate surface area is 197 Å². The van der Waals surface area contributed by atoms with Gasteiger partial charge in [0.1, 0.15) is 0 Å². The summed E-state index contributed by atoms with van der Waals surface area (Å²) in [6, 6.07) is 12.6. The molecular weight excluding hydrogens is 406 g/mol. The minimum atomic E-state index is -0.683. The highest BCUT2D eigenvalue weighted by molar-refractivity contribution is 6.02. The zero-order valence-electron chi connectivity index (χ0n) is 20.8. The molecule has 2 aliphatic rings. The van der Waals surface area contributed by atoms with Crippen LogP contribution in [-0.4, -0.2) is 15.9 Å². The van der Waals surface area contributed by atoms with Gasteiger partial charge in [-0.2, -0.15) is 0 Å². The summed E-state index contributed by atoms with van der Waals surface area (Å²) < 4.78 is 0. The molecule has 2 bridgehead atoms. The lowest BCUT2D eigenvalue weighted by Gasteiger charge is -2.39. The van der Waals surface area contributed by atoms with Crippen LogP contribution < -0.4 is 5.32 Å². The van der Waals surface area contributed by atoms with E-state index in [1.807, 2.05) is 12.1 Å². The third kappa shape index (κ3) is 2.92. The van der Waals surface area contributed by atoms with Gasteiger partial charge in [0.05, 0.1) is 27.8 Å². The number of carbonyl (C=O) groups is 1. The van der Waals surface area contributed by atoms with Crippen molar-refractivity contribution >= 4 is 22.6 Å². The number of rotatable bonds is 5. The second kappa shape index (κ2) is 7.38. The monoisotopic (exact) mass is 441 g/mol. The number of amides is 1. The predicted molar refractivity (Wildman–Crippen MR) is 135 cm³/mol. The third-order valence-corrected chi connectivity index (χ3v) is 9.07. The van der Waals surface area contributed by atoms with Gasteiger partial charge in [0.15, 0.2) is 0 Å². The number of unbranched alkanes of at least 4 members (excludes halogenated alkanes) is 1. The van der Waals surface area contributed by atoms with Gasteiger partial charge in [0.25, 0.3) is 0 Å². The molecule has 4 heteroatoms. The molecule has 1 fully saturated rings. The zero-order valence-corrected chi connectivity index (χ0v) is 20.8. The largest absolute Gasteiger partial charge is 0.325 e. The Hall–Kier alpha value is -2.75. The Morgan fingerprint density at radius 3 is 2.15 bits per heavy atom. The molecule has 5 rings (SSSR count). The molecule has 2 aromatic carbocycles. The number of hydrogen-bond acceptors (Lipinski definition) is 3. The number of benzene rings is 2. The maximum Gasteiger partial charge on any atom is 0.237 e. The number of aromatic nitrogens is 2. The number of anilines is 1. The Morgan fingerprint density at radius 2 is 1.55 bits per heavy atom. The Morgan fingerprint density at radius 1 is 0.939 bits per heavy atom. The average molecular weight is 442 g/mol. The first-order chi connectivity index (χ1) is 15.6. The van der Waals surface area contributed by atoms with Crippen molar-refractivity contribution in [3.05, 3.63) is 64.5 Å². The smallest absolute Gasteiger partial charge is 0.237 e. The standard InChI is InChI=1S/C29H35N3O/c1-7-8-9-20-10-12-21(13-11-20)30-26(33)29-15-14-28(6,27(29,4)5)24-25(29)32-23-17-19(3)18(2)16-22(23)31-24/h10-13,16-17H,7-9,14-15H2,1-6H3,(H,30,33). The number of hydrogen-bond donors (Lipinski definition) is 1. The van der Waals surface area contributed by atoms with Crippen LogP contribution in [0.25, 0.3) is 11.0 Å². The number of carbonyl (C=O) groups excluding carboxylic acids is 1. The first-order valence-electron chi connectivity index (χ1n) is 12.3. The van der Waals surface area contributed by atoms with Gasteiger partial charge in [0.2, 0.25) is 5.91 Å². The van der Waals surface area contributed by atoms with E-state index in [0.29, 0.717) is 0 Å². The third-order valence-electron chi connectivity index (χ3n) is 9.07. The van der Waals surface area contributed by atoms with Gasteiger partial charge in [-0.1, -0.05) is 46.2 Å². The second-order valence-electron chi connectivity index (χ2n) is 11.0. The van der Waals surface area contributed by atoms with Crippen molar-refractivity contribution in [2.24, 2.45) is 5.41 Å². The Bertz CT molecular complexity index is 1260. The molecule has 0 radical (unpaired) electrons. The maximum atomic E-state index is 14.1. The molecule has 0 aliphatic heterocycles. The van der Waals surface area contributed by atoms with Crippen LogP contribution in [0.15, 0.2) is 36.4 Å². The lowest BCUT2D eigenvalue weighted by Crippen LogP contribution is -2.48. The van der Waals surface area contributed by atoms with E-state index >= 15 is 0 Å². The van der Waals surface area contributed by atoms with Crippen molar-refractivity contribution in [3.8, 4) is 0 Å². The molecule has 1 heterocycles. The summed E-state index contributed by atoms with van der Waals surface area (Å²) in [6.45, 7) is 13.2. The SMILES string of the molecule is CCCCc1ccc(NC(=O)C23CCC(C)(c4nc5cc(C)c(C)cc5nc42)C3(C)C)cc1. The van der Waals surface area contributed by atoms with E-state index in [0.717, 1.165) is 47.4 Å². The number of fused-ring (bicyclic) bond motifs is 6. The molecule has 2 aliphatic carbocycles. The fourth-order valence-electron chi connectivity index (χ4n) is 6.23. The van der Waals surface area contributed by atoms with Crippen LogP contribution in [-0.2, 0) is 22.0 Å². The van der Waals surface area contributed by atoms with Gasteiger partial charge >= 0.3 is 0 Å². The van der Waals surface area contributed by atoms with Crippen LogP contribution in [0.5, 0.6) is 0 Å². The highest BCUT2D eigenvalue weighted by atomic mass is 16.2. The minimum Gasteiger partial charge on any atom is -0.325 e. The van der Waals surface area contributed by atoms with E-state index in [-0.39, 0.29) is 16.7 Å². The summed E-state index contributed by atoms with van der Waals surface area (Å²) in [4.78, 5) is 24.3. The molecule has 1 saturated carbocycles. The van der Waals surface area contributed by atoms with E-state index in [4.69, 9.17) is 9.97 Å². The summed E-state index contributed by atoms with van der Waals surface area (Å²) in [7, 11) is 0. The second-order valence-corrected chi connectivity index (χ2v) is 11.0. The fourth-order valence-corrected chi connectivity index (χ4v) is 6.23. The first kappa shape index (κ1) is 22.1. The zero-order chi connectivity index (χ0) is 23.6. The molecule has 1 amide bonds.